The van der Waals surface area contributed by atoms with Gasteiger partial charge in [-0.1, -0.05) is 20.3 Å². The second-order valence-electron chi connectivity index (χ2n) is 8.70. The molecule has 2 bridgehead atoms. The van der Waals surface area contributed by atoms with E-state index in [0.717, 1.165) is 44.1 Å². The molecule has 0 radical (unpaired) electrons. The van der Waals surface area contributed by atoms with Crippen molar-refractivity contribution >= 4 is 5.97 Å². The Labute approximate surface area is 139 Å². The third-order valence-corrected chi connectivity index (χ3v) is 7.61. The number of fused-ring (bicyclic) bond motifs is 2. The Hall–Kier alpha value is -0.610. The zero-order valence-corrected chi connectivity index (χ0v) is 14.6. The summed E-state index contributed by atoms with van der Waals surface area (Å²) in [5.41, 5.74) is -0.326. The molecule has 4 heteroatoms. The van der Waals surface area contributed by atoms with Crippen LogP contribution in [0.3, 0.4) is 0 Å². The average Bonchev–Trinajstić information content (AvgIpc) is 3.02. The van der Waals surface area contributed by atoms with Crippen LogP contribution < -0.4 is 0 Å². The van der Waals surface area contributed by atoms with E-state index in [1.807, 2.05) is 0 Å². The van der Waals surface area contributed by atoms with Crippen LogP contribution in [0.4, 0.5) is 0 Å². The van der Waals surface area contributed by atoms with Crippen LogP contribution in [-0.2, 0) is 19.0 Å². The summed E-state index contributed by atoms with van der Waals surface area (Å²) in [5, 5.41) is 0. The van der Waals surface area contributed by atoms with Crippen LogP contribution in [0.2, 0.25) is 0 Å². The van der Waals surface area contributed by atoms with E-state index in [-0.39, 0.29) is 18.4 Å². The largest absolute Gasteiger partial charge is 0.438 e. The van der Waals surface area contributed by atoms with E-state index < -0.39 is 5.41 Å². The number of carbonyl (C=O) groups excluding carboxylic acids is 1. The highest BCUT2D eigenvalue weighted by Gasteiger charge is 2.67. The second kappa shape index (κ2) is 5.45. The Bertz CT molecular complexity index is 476. The highest BCUT2D eigenvalue weighted by atomic mass is 16.7. The molecule has 0 N–H and O–H groups in total. The normalized spacial score (nSPS) is 43.2. The fourth-order valence-electron chi connectivity index (χ4n) is 5.79. The molecule has 4 rings (SSSR count). The summed E-state index contributed by atoms with van der Waals surface area (Å²) in [7, 11) is 0. The lowest BCUT2D eigenvalue weighted by molar-refractivity contribution is -0.302. The van der Waals surface area contributed by atoms with Crippen LogP contribution in [0.5, 0.6) is 0 Å². The Kier molecular flexibility index (Phi) is 3.77. The molecule has 4 nitrogen and oxygen atoms in total. The van der Waals surface area contributed by atoms with Gasteiger partial charge in [-0.25, -0.2) is 0 Å². The topological polar surface area (TPSA) is 44.8 Å². The first kappa shape index (κ1) is 15.9. The molecule has 0 aromatic heterocycles. The van der Waals surface area contributed by atoms with E-state index in [2.05, 4.69) is 13.8 Å². The molecular formula is C19H30O4. The van der Waals surface area contributed by atoms with Crippen molar-refractivity contribution in [2.75, 3.05) is 20.0 Å². The van der Waals surface area contributed by atoms with Crippen molar-refractivity contribution < 1.29 is 19.0 Å². The fourth-order valence-corrected chi connectivity index (χ4v) is 5.79. The molecule has 4 unspecified atom stereocenters. The van der Waals surface area contributed by atoms with E-state index in [1.54, 1.807) is 0 Å². The maximum absolute atomic E-state index is 12.6. The van der Waals surface area contributed by atoms with Crippen LogP contribution in [0, 0.1) is 22.7 Å². The quantitative estimate of drug-likeness (QED) is 0.425. The van der Waals surface area contributed by atoms with E-state index in [0.29, 0.717) is 12.0 Å². The first-order valence-corrected chi connectivity index (χ1v) is 9.43. The number of hydrogen-bond acceptors (Lipinski definition) is 4. The van der Waals surface area contributed by atoms with Gasteiger partial charge >= 0.3 is 5.97 Å². The molecule has 0 aromatic rings. The maximum atomic E-state index is 12.6. The van der Waals surface area contributed by atoms with E-state index in [9.17, 15) is 4.79 Å². The fraction of sp³-hybridized carbons (Fsp3) is 0.947. The maximum Gasteiger partial charge on any atom is 0.319 e. The number of esters is 1. The highest BCUT2D eigenvalue weighted by molar-refractivity contribution is 5.80. The molecule has 4 atom stereocenters. The summed E-state index contributed by atoms with van der Waals surface area (Å²) in [4.78, 5) is 12.6. The third kappa shape index (κ3) is 2.21. The second-order valence-corrected chi connectivity index (χ2v) is 8.70. The Morgan fingerprint density at radius 2 is 2.13 bits per heavy atom. The summed E-state index contributed by atoms with van der Waals surface area (Å²) in [6.07, 6.45) is 9.36. The van der Waals surface area contributed by atoms with E-state index >= 15 is 0 Å². The van der Waals surface area contributed by atoms with Gasteiger partial charge in [0.25, 0.3) is 0 Å². The molecule has 4 aliphatic rings. The van der Waals surface area contributed by atoms with Crippen molar-refractivity contribution in [1.82, 2.24) is 0 Å². The molecular weight excluding hydrogens is 292 g/mol. The molecule has 4 fully saturated rings. The standard InChI is InChI=1S/C19H30O4/c1-3-18(12-23-19(18)7-4-8-19)16(20)22-13-21-11-17(2)10-14-5-6-15(17)9-14/h14-15H,3-13H2,1-2H3. The lowest BCUT2D eigenvalue weighted by Crippen LogP contribution is -2.70. The van der Waals surface area contributed by atoms with Crippen molar-refractivity contribution in [3.63, 3.8) is 0 Å². The van der Waals surface area contributed by atoms with Crippen LogP contribution in [0.1, 0.15) is 65.2 Å². The summed E-state index contributed by atoms with van der Waals surface area (Å²) in [6.45, 7) is 5.76. The third-order valence-electron chi connectivity index (χ3n) is 7.61. The first-order valence-electron chi connectivity index (χ1n) is 9.43. The zero-order valence-electron chi connectivity index (χ0n) is 14.6. The Morgan fingerprint density at radius 3 is 2.61 bits per heavy atom. The minimum Gasteiger partial charge on any atom is -0.438 e. The highest BCUT2D eigenvalue weighted by Crippen LogP contribution is 2.59. The zero-order chi connectivity index (χ0) is 16.1. The van der Waals surface area contributed by atoms with Crippen molar-refractivity contribution in [2.45, 2.75) is 70.8 Å². The first-order chi connectivity index (χ1) is 11.0. The van der Waals surface area contributed by atoms with Crippen LogP contribution >= 0.6 is 0 Å². The monoisotopic (exact) mass is 322 g/mol. The summed E-state index contributed by atoms with van der Waals surface area (Å²) >= 11 is 0. The summed E-state index contributed by atoms with van der Waals surface area (Å²) < 4.78 is 17.1. The predicted molar refractivity (Wildman–Crippen MR) is 85.7 cm³/mol. The van der Waals surface area contributed by atoms with Gasteiger partial charge in [0.05, 0.1) is 18.8 Å². The van der Waals surface area contributed by atoms with Crippen molar-refractivity contribution in [2.24, 2.45) is 22.7 Å². The number of hydrogen-bond donors (Lipinski definition) is 0. The Morgan fingerprint density at radius 1 is 1.30 bits per heavy atom. The summed E-state index contributed by atoms with van der Waals surface area (Å²) in [6, 6.07) is 0. The van der Waals surface area contributed by atoms with E-state index in [4.69, 9.17) is 14.2 Å². The van der Waals surface area contributed by atoms with Gasteiger partial charge in [-0.15, -0.1) is 0 Å². The molecule has 1 aliphatic heterocycles. The van der Waals surface area contributed by atoms with Gasteiger partial charge in [0.2, 0.25) is 0 Å². The Balaban J connectivity index is 1.26. The van der Waals surface area contributed by atoms with Gasteiger partial charge in [0.15, 0.2) is 6.79 Å². The van der Waals surface area contributed by atoms with Crippen molar-refractivity contribution in [3.05, 3.63) is 0 Å². The van der Waals surface area contributed by atoms with E-state index in [1.165, 1.54) is 25.7 Å². The molecule has 0 aromatic carbocycles. The lowest BCUT2D eigenvalue weighted by atomic mass is 9.56. The minimum atomic E-state index is -0.412. The SMILES string of the molecule is CCC1(C(=O)OCOCC2(C)CC3CCC2C3)COC12CCC2. The molecule has 23 heavy (non-hydrogen) atoms. The molecule has 130 valence electrons. The predicted octanol–water partition coefficient (Wildman–Crippen LogP) is 3.68. The van der Waals surface area contributed by atoms with Crippen LogP contribution in [0.25, 0.3) is 0 Å². The van der Waals surface area contributed by atoms with Gasteiger partial charge in [-0.3, -0.25) is 4.79 Å². The van der Waals surface area contributed by atoms with Gasteiger partial charge < -0.3 is 14.2 Å². The van der Waals surface area contributed by atoms with Crippen LogP contribution in [-0.4, -0.2) is 31.6 Å². The molecule has 1 spiro atoms. The smallest absolute Gasteiger partial charge is 0.319 e. The van der Waals surface area contributed by atoms with Crippen molar-refractivity contribution in [1.29, 1.82) is 0 Å². The van der Waals surface area contributed by atoms with Gasteiger partial charge in [-0.2, -0.15) is 0 Å². The summed E-state index contributed by atoms with van der Waals surface area (Å²) in [5.74, 6) is 1.61. The molecule has 1 saturated heterocycles. The van der Waals surface area contributed by atoms with Gasteiger partial charge in [0, 0.05) is 0 Å². The van der Waals surface area contributed by atoms with Gasteiger partial charge in [-0.05, 0) is 62.2 Å². The molecule has 3 saturated carbocycles. The molecule has 3 aliphatic carbocycles. The van der Waals surface area contributed by atoms with Crippen molar-refractivity contribution in [3.8, 4) is 0 Å². The average molecular weight is 322 g/mol. The number of ether oxygens (including phenoxy) is 3. The molecule has 0 amide bonds. The molecule has 1 heterocycles. The number of rotatable bonds is 6. The number of carbonyl (C=O) groups is 1. The lowest BCUT2D eigenvalue weighted by Gasteiger charge is -2.61. The van der Waals surface area contributed by atoms with Crippen LogP contribution in [0.15, 0.2) is 0 Å². The van der Waals surface area contributed by atoms with Gasteiger partial charge in [0.1, 0.15) is 5.41 Å². The minimum absolute atomic E-state index is 0.101.